The zero-order chi connectivity index (χ0) is 22.9. The van der Waals surface area contributed by atoms with Crippen molar-refractivity contribution in [1.82, 2.24) is 4.90 Å². The average molecular weight is 457 g/mol. The van der Waals surface area contributed by atoms with E-state index in [1.807, 2.05) is 4.90 Å². The third-order valence-corrected chi connectivity index (χ3v) is 6.68. The molecule has 0 N–H and O–H groups in total. The van der Waals surface area contributed by atoms with Crippen LogP contribution in [0, 0.1) is 11.6 Å². The summed E-state index contributed by atoms with van der Waals surface area (Å²) in [6.45, 7) is 1.62. The second kappa shape index (κ2) is 8.70. The van der Waals surface area contributed by atoms with Gasteiger partial charge in [-0.15, -0.1) is 0 Å². The van der Waals surface area contributed by atoms with Crippen LogP contribution in [0.2, 0.25) is 0 Å². The van der Waals surface area contributed by atoms with Gasteiger partial charge in [0.05, 0.1) is 10.6 Å². The van der Waals surface area contributed by atoms with Gasteiger partial charge in [0.1, 0.15) is 11.6 Å². The minimum atomic E-state index is -3.53. The molecule has 4 rings (SSSR count). The van der Waals surface area contributed by atoms with E-state index < -0.39 is 15.7 Å². The van der Waals surface area contributed by atoms with E-state index in [4.69, 9.17) is 0 Å². The summed E-state index contributed by atoms with van der Waals surface area (Å²) < 4.78 is 51.7. The monoisotopic (exact) mass is 456 g/mol. The SMILES string of the molecule is CS(=O)(=O)c1ccc(-c2ccc(F)cc2)c(C(=O)N2CCN(c3ccccc3F)CC2)c1. The van der Waals surface area contributed by atoms with E-state index in [1.165, 1.54) is 30.3 Å². The number of para-hydroxylation sites is 1. The molecule has 0 aromatic heterocycles. The third-order valence-electron chi connectivity index (χ3n) is 5.56. The van der Waals surface area contributed by atoms with Crippen molar-refractivity contribution in [2.75, 3.05) is 37.3 Å². The predicted molar refractivity (Wildman–Crippen MR) is 119 cm³/mol. The molecule has 1 amide bonds. The lowest BCUT2D eigenvalue weighted by atomic mass is 9.98. The van der Waals surface area contributed by atoms with Crippen molar-refractivity contribution in [3.63, 3.8) is 0 Å². The second-order valence-corrected chi connectivity index (χ2v) is 9.73. The summed E-state index contributed by atoms with van der Waals surface area (Å²) in [6, 6.07) is 16.6. The number of halogens is 2. The van der Waals surface area contributed by atoms with E-state index in [0.717, 1.165) is 6.26 Å². The molecule has 1 saturated heterocycles. The molecule has 1 aliphatic heterocycles. The summed E-state index contributed by atoms with van der Waals surface area (Å²) >= 11 is 0. The first-order valence-corrected chi connectivity index (χ1v) is 12.0. The van der Waals surface area contributed by atoms with Crippen LogP contribution in [0.15, 0.2) is 71.6 Å². The van der Waals surface area contributed by atoms with E-state index in [0.29, 0.717) is 43.0 Å². The van der Waals surface area contributed by atoms with Gasteiger partial charge in [0.15, 0.2) is 9.84 Å². The number of benzene rings is 3. The molecule has 3 aromatic carbocycles. The van der Waals surface area contributed by atoms with Gasteiger partial charge in [0, 0.05) is 38.0 Å². The van der Waals surface area contributed by atoms with Gasteiger partial charge in [-0.1, -0.05) is 30.3 Å². The highest BCUT2D eigenvalue weighted by Gasteiger charge is 2.26. The number of amides is 1. The second-order valence-electron chi connectivity index (χ2n) is 7.72. The average Bonchev–Trinajstić information content (AvgIpc) is 2.79. The topological polar surface area (TPSA) is 57.7 Å². The maximum atomic E-state index is 14.1. The Morgan fingerprint density at radius 3 is 2.16 bits per heavy atom. The molecule has 0 atom stereocenters. The first-order chi connectivity index (χ1) is 15.2. The maximum Gasteiger partial charge on any atom is 0.254 e. The van der Waals surface area contributed by atoms with Gasteiger partial charge in [0.2, 0.25) is 0 Å². The number of hydrogen-bond acceptors (Lipinski definition) is 4. The number of carbonyl (C=O) groups excluding carboxylic acids is 1. The Morgan fingerprint density at radius 2 is 1.53 bits per heavy atom. The lowest BCUT2D eigenvalue weighted by Crippen LogP contribution is -2.49. The maximum absolute atomic E-state index is 14.1. The highest BCUT2D eigenvalue weighted by Crippen LogP contribution is 2.29. The van der Waals surface area contributed by atoms with Crippen LogP contribution >= 0.6 is 0 Å². The molecule has 0 bridgehead atoms. The zero-order valence-corrected chi connectivity index (χ0v) is 18.3. The molecule has 1 heterocycles. The standard InChI is InChI=1S/C24H22F2N2O3S/c1-32(30,31)19-10-11-20(17-6-8-18(25)9-7-17)21(16-19)24(29)28-14-12-27(13-15-28)23-5-3-2-4-22(23)26/h2-11,16H,12-15H2,1H3. The molecule has 32 heavy (non-hydrogen) atoms. The number of rotatable bonds is 4. The highest BCUT2D eigenvalue weighted by molar-refractivity contribution is 7.90. The third kappa shape index (κ3) is 4.50. The van der Waals surface area contributed by atoms with Crippen LogP contribution in [0.25, 0.3) is 11.1 Å². The summed E-state index contributed by atoms with van der Waals surface area (Å²) in [6.07, 6.45) is 1.08. The van der Waals surface area contributed by atoms with Gasteiger partial charge in [-0.05, 0) is 47.5 Å². The minimum absolute atomic E-state index is 0.0386. The predicted octanol–water partition coefficient (Wildman–Crippen LogP) is 4.00. The molecular formula is C24H22F2N2O3S. The number of anilines is 1. The van der Waals surface area contributed by atoms with Crippen LogP contribution in [0.3, 0.4) is 0 Å². The summed E-state index contributed by atoms with van der Waals surface area (Å²) in [5, 5.41) is 0. The van der Waals surface area contributed by atoms with Gasteiger partial charge in [-0.25, -0.2) is 17.2 Å². The summed E-state index contributed by atoms with van der Waals surface area (Å²) in [5.41, 5.74) is 1.86. The van der Waals surface area contributed by atoms with Crippen molar-refractivity contribution in [1.29, 1.82) is 0 Å². The number of carbonyl (C=O) groups is 1. The first-order valence-electron chi connectivity index (χ1n) is 10.1. The van der Waals surface area contributed by atoms with Gasteiger partial charge in [-0.3, -0.25) is 4.79 Å². The van der Waals surface area contributed by atoms with Gasteiger partial charge in [0.25, 0.3) is 5.91 Å². The number of hydrogen-bond donors (Lipinski definition) is 0. The lowest BCUT2D eigenvalue weighted by molar-refractivity contribution is 0.0747. The van der Waals surface area contributed by atoms with Gasteiger partial charge in [-0.2, -0.15) is 0 Å². The molecule has 0 aliphatic carbocycles. The van der Waals surface area contributed by atoms with Crippen molar-refractivity contribution >= 4 is 21.4 Å². The Balaban J connectivity index is 1.64. The molecular weight excluding hydrogens is 434 g/mol. The van der Waals surface area contributed by atoms with E-state index >= 15 is 0 Å². The highest BCUT2D eigenvalue weighted by atomic mass is 32.2. The van der Waals surface area contributed by atoms with Crippen LogP contribution in [0.1, 0.15) is 10.4 Å². The number of sulfone groups is 1. The van der Waals surface area contributed by atoms with Crippen LogP contribution in [0.4, 0.5) is 14.5 Å². The van der Waals surface area contributed by atoms with Crippen molar-refractivity contribution in [3.05, 3.63) is 83.9 Å². The molecule has 1 fully saturated rings. The van der Waals surface area contributed by atoms with Crippen molar-refractivity contribution in [3.8, 4) is 11.1 Å². The minimum Gasteiger partial charge on any atom is -0.366 e. The van der Waals surface area contributed by atoms with E-state index in [9.17, 15) is 22.0 Å². The van der Waals surface area contributed by atoms with Gasteiger partial charge >= 0.3 is 0 Å². The van der Waals surface area contributed by atoms with E-state index in [1.54, 1.807) is 41.3 Å². The number of nitrogens with zero attached hydrogens (tertiary/aromatic N) is 2. The largest absolute Gasteiger partial charge is 0.366 e. The summed E-state index contributed by atoms with van der Waals surface area (Å²) in [5.74, 6) is -1.03. The molecule has 0 unspecified atom stereocenters. The van der Waals surface area contributed by atoms with Crippen molar-refractivity contribution in [2.45, 2.75) is 4.90 Å². The Bertz CT molecular complexity index is 1250. The molecule has 0 spiro atoms. The Labute approximate surface area is 185 Å². The normalized spacial score (nSPS) is 14.5. The fourth-order valence-electron chi connectivity index (χ4n) is 3.84. The van der Waals surface area contributed by atoms with Crippen molar-refractivity contribution < 1.29 is 22.0 Å². The lowest BCUT2D eigenvalue weighted by Gasteiger charge is -2.36. The van der Waals surface area contributed by atoms with Crippen molar-refractivity contribution in [2.24, 2.45) is 0 Å². The van der Waals surface area contributed by atoms with Crippen LogP contribution in [-0.2, 0) is 9.84 Å². The van der Waals surface area contributed by atoms with E-state index in [2.05, 4.69) is 0 Å². The molecule has 0 radical (unpaired) electrons. The summed E-state index contributed by atoms with van der Waals surface area (Å²) in [4.78, 5) is 17.0. The quantitative estimate of drug-likeness (QED) is 0.596. The van der Waals surface area contributed by atoms with Gasteiger partial charge < -0.3 is 9.80 Å². The van der Waals surface area contributed by atoms with E-state index in [-0.39, 0.29) is 22.2 Å². The molecule has 3 aromatic rings. The van der Waals surface area contributed by atoms with Crippen LogP contribution in [0.5, 0.6) is 0 Å². The fourth-order valence-corrected chi connectivity index (χ4v) is 4.49. The molecule has 166 valence electrons. The number of piperazine rings is 1. The zero-order valence-electron chi connectivity index (χ0n) is 17.5. The smallest absolute Gasteiger partial charge is 0.254 e. The first kappa shape index (κ1) is 22.0. The molecule has 1 aliphatic rings. The molecule has 5 nitrogen and oxygen atoms in total. The Hall–Kier alpha value is -3.26. The summed E-state index contributed by atoms with van der Waals surface area (Å²) in [7, 11) is -3.53. The molecule has 0 saturated carbocycles. The Morgan fingerprint density at radius 1 is 0.875 bits per heavy atom. The molecule has 8 heteroatoms. The Kier molecular flexibility index (Phi) is 5.97. The van der Waals surface area contributed by atoms with Crippen LogP contribution in [-0.4, -0.2) is 51.7 Å². The fraction of sp³-hybridized carbons (Fsp3) is 0.208. The van der Waals surface area contributed by atoms with Crippen LogP contribution < -0.4 is 4.90 Å².